The van der Waals surface area contributed by atoms with E-state index in [2.05, 4.69) is 5.32 Å². The third kappa shape index (κ3) is 8.13. The molecule has 2 unspecified atom stereocenters. The molecule has 0 bridgehead atoms. The Balaban J connectivity index is 2.16. The molecule has 0 radical (unpaired) electrons. The molecule has 1 aliphatic rings. The van der Waals surface area contributed by atoms with Crippen LogP contribution in [0.1, 0.15) is 32.1 Å². The predicted octanol–water partition coefficient (Wildman–Crippen LogP) is 1.27. The van der Waals surface area contributed by atoms with Crippen LogP contribution in [-0.4, -0.2) is 48.0 Å². The van der Waals surface area contributed by atoms with Crippen molar-refractivity contribution < 1.29 is 22.6 Å². The van der Waals surface area contributed by atoms with Gasteiger partial charge in [0.1, 0.15) is 18.1 Å². The minimum atomic E-state index is -4.27. The lowest BCUT2D eigenvalue weighted by Gasteiger charge is -2.11. The quantitative estimate of drug-likeness (QED) is 0.282. The van der Waals surface area contributed by atoms with Gasteiger partial charge in [-0.2, -0.15) is 8.42 Å². The highest BCUT2D eigenvalue weighted by atomic mass is 33.1. The summed E-state index contributed by atoms with van der Waals surface area (Å²) in [5.41, 5.74) is 0. The fourth-order valence-electron chi connectivity index (χ4n) is 1.84. The van der Waals surface area contributed by atoms with E-state index in [9.17, 15) is 18.0 Å². The summed E-state index contributed by atoms with van der Waals surface area (Å²) in [5.74, 6) is 0.0455. The van der Waals surface area contributed by atoms with E-state index in [4.69, 9.17) is 4.55 Å². The van der Waals surface area contributed by atoms with Crippen LogP contribution >= 0.6 is 21.6 Å². The van der Waals surface area contributed by atoms with E-state index in [1.54, 1.807) is 0 Å². The Hall–Kier alpha value is -0.250. The zero-order valence-electron chi connectivity index (χ0n) is 11.0. The lowest BCUT2D eigenvalue weighted by atomic mass is 10.1. The molecule has 2 atom stereocenters. The average Bonchev–Trinajstić information content (AvgIpc) is 2.85. The van der Waals surface area contributed by atoms with Crippen LogP contribution < -0.4 is 5.32 Å². The number of hydrogen-bond acceptors (Lipinski definition) is 6. The van der Waals surface area contributed by atoms with Crippen LogP contribution in [0.25, 0.3) is 0 Å². The molecule has 0 spiro atoms. The topological polar surface area (TPSA) is 101 Å². The molecule has 1 aliphatic heterocycles. The molecule has 0 aliphatic carbocycles. The smallest absolute Gasteiger partial charge is 0.267 e. The second-order valence-electron chi connectivity index (χ2n) is 4.63. The summed E-state index contributed by atoms with van der Waals surface area (Å²) in [5, 5.41) is 2.97. The van der Waals surface area contributed by atoms with E-state index < -0.39 is 21.9 Å². The highest BCUT2D eigenvalue weighted by Crippen LogP contribution is 2.39. The summed E-state index contributed by atoms with van der Waals surface area (Å²) in [6.07, 6.45) is 4.52. The van der Waals surface area contributed by atoms with Crippen LogP contribution in [0.15, 0.2) is 0 Å². The van der Waals surface area contributed by atoms with Gasteiger partial charge >= 0.3 is 0 Å². The Kier molecular flexibility index (Phi) is 7.93. The van der Waals surface area contributed by atoms with E-state index in [0.29, 0.717) is 18.0 Å². The van der Waals surface area contributed by atoms with Crippen LogP contribution in [-0.2, 0) is 19.7 Å². The monoisotopic (exact) mass is 341 g/mol. The van der Waals surface area contributed by atoms with Gasteiger partial charge in [-0.3, -0.25) is 9.35 Å². The summed E-state index contributed by atoms with van der Waals surface area (Å²) in [6.45, 7) is 0. The van der Waals surface area contributed by atoms with Gasteiger partial charge in [0.05, 0.1) is 0 Å². The van der Waals surface area contributed by atoms with Gasteiger partial charge in [0, 0.05) is 17.4 Å². The zero-order chi connectivity index (χ0) is 15.0. The Bertz CT molecular complexity index is 420. The van der Waals surface area contributed by atoms with Gasteiger partial charge in [-0.1, -0.05) is 28.0 Å². The summed E-state index contributed by atoms with van der Waals surface area (Å²) in [6, 6.07) is -1.18. The molecule has 1 rings (SSSR count). The average molecular weight is 341 g/mol. The third-order valence-corrected chi connectivity index (χ3v) is 6.60. The van der Waals surface area contributed by atoms with Crippen molar-refractivity contribution in [3.05, 3.63) is 0 Å². The molecule has 2 N–H and O–H groups in total. The SMILES string of the molecule is O=CC(CS(=O)(=O)O)NC(=O)CCCCC1CCSS1. The normalized spacial score (nSPS) is 20.6. The number of hydrogen-bond donors (Lipinski definition) is 2. The third-order valence-electron chi connectivity index (χ3n) is 2.81. The van der Waals surface area contributed by atoms with Gasteiger partial charge in [-0.15, -0.1) is 0 Å². The summed E-state index contributed by atoms with van der Waals surface area (Å²) >= 11 is 0. The van der Waals surface area contributed by atoms with Crippen molar-refractivity contribution in [2.75, 3.05) is 11.5 Å². The summed E-state index contributed by atoms with van der Waals surface area (Å²) in [7, 11) is -0.490. The molecule has 1 amide bonds. The van der Waals surface area contributed by atoms with Crippen LogP contribution in [0, 0.1) is 0 Å². The Morgan fingerprint density at radius 2 is 2.20 bits per heavy atom. The molecule has 116 valence electrons. The molecule has 1 saturated heterocycles. The van der Waals surface area contributed by atoms with Crippen molar-refractivity contribution in [3.63, 3.8) is 0 Å². The van der Waals surface area contributed by atoms with Gasteiger partial charge in [-0.25, -0.2) is 0 Å². The van der Waals surface area contributed by atoms with E-state index in [-0.39, 0.29) is 12.3 Å². The molecule has 0 aromatic heterocycles. The Labute approximate surface area is 127 Å². The zero-order valence-corrected chi connectivity index (χ0v) is 13.4. The van der Waals surface area contributed by atoms with E-state index in [1.165, 1.54) is 12.2 Å². The number of aldehydes is 1. The highest BCUT2D eigenvalue weighted by molar-refractivity contribution is 8.77. The standard InChI is InChI=1S/C11H19NO5S3/c13-7-9(8-20(15,16)17)12-11(14)4-2-1-3-10-5-6-18-19-10/h7,9-10H,1-6,8H2,(H,12,14)(H,15,16,17). The van der Waals surface area contributed by atoms with Crippen molar-refractivity contribution in [3.8, 4) is 0 Å². The first-order valence-electron chi connectivity index (χ1n) is 6.39. The van der Waals surface area contributed by atoms with Gasteiger partial charge in [0.15, 0.2) is 0 Å². The van der Waals surface area contributed by atoms with Crippen molar-refractivity contribution in [2.45, 2.75) is 43.4 Å². The Morgan fingerprint density at radius 1 is 1.45 bits per heavy atom. The first kappa shape index (κ1) is 17.8. The Morgan fingerprint density at radius 3 is 2.75 bits per heavy atom. The fraction of sp³-hybridized carbons (Fsp3) is 0.818. The molecule has 20 heavy (non-hydrogen) atoms. The molecular weight excluding hydrogens is 322 g/mol. The van der Waals surface area contributed by atoms with Crippen molar-refractivity contribution >= 4 is 43.9 Å². The maximum atomic E-state index is 11.5. The second kappa shape index (κ2) is 8.91. The first-order chi connectivity index (χ1) is 9.40. The number of nitrogens with one attached hydrogen (secondary N) is 1. The maximum absolute atomic E-state index is 11.5. The van der Waals surface area contributed by atoms with Crippen LogP contribution in [0.2, 0.25) is 0 Å². The number of carbonyl (C=O) groups excluding carboxylic acids is 2. The maximum Gasteiger partial charge on any atom is 0.267 e. The number of rotatable bonds is 9. The van der Waals surface area contributed by atoms with Gasteiger partial charge in [0.25, 0.3) is 10.1 Å². The minimum Gasteiger partial charge on any atom is -0.345 e. The van der Waals surface area contributed by atoms with Crippen molar-refractivity contribution in [1.82, 2.24) is 5.32 Å². The fourth-order valence-corrected chi connectivity index (χ4v) is 5.49. The second-order valence-corrected chi connectivity index (χ2v) is 8.92. The van der Waals surface area contributed by atoms with Gasteiger partial charge in [0.2, 0.25) is 5.91 Å². The number of carbonyl (C=O) groups is 2. The van der Waals surface area contributed by atoms with Gasteiger partial charge < -0.3 is 10.1 Å². The van der Waals surface area contributed by atoms with Crippen molar-refractivity contribution in [2.24, 2.45) is 0 Å². The van der Waals surface area contributed by atoms with E-state index in [1.807, 2.05) is 21.6 Å². The molecular formula is C11H19NO5S3. The number of amides is 1. The van der Waals surface area contributed by atoms with E-state index >= 15 is 0 Å². The molecule has 1 fully saturated rings. The van der Waals surface area contributed by atoms with E-state index in [0.717, 1.165) is 12.8 Å². The molecule has 0 aromatic rings. The summed E-state index contributed by atoms with van der Waals surface area (Å²) in [4.78, 5) is 22.2. The molecule has 0 saturated carbocycles. The lowest BCUT2D eigenvalue weighted by Crippen LogP contribution is -2.40. The predicted molar refractivity (Wildman–Crippen MR) is 81.3 cm³/mol. The molecule has 9 heteroatoms. The highest BCUT2D eigenvalue weighted by Gasteiger charge is 2.19. The van der Waals surface area contributed by atoms with Crippen LogP contribution in [0.5, 0.6) is 0 Å². The number of unbranched alkanes of at least 4 members (excludes halogenated alkanes) is 1. The van der Waals surface area contributed by atoms with Crippen LogP contribution in [0.3, 0.4) is 0 Å². The minimum absolute atomic E-state index is 0.264. The molecule has 1 heterocycles. The van der Waals surface area contributed by atoms with Crippen LogP contribution in [0.4, 0.5) is 0 Å². The summed E-state index contributed by atoms with van der Waals surface area (Å²) < 4.78 is 29.9. The lowest BCUT2D eigenvalue weighted by molar-refractivity contribution is -0.123. The largest absolute Gasteiger partial charge is 0.345 e. The van der Waals surface area contributed by atoms with Gasteiger partial charge in [-0.05, 0) is 19.3 Å². The van der Waals surface area contributed by atoms with Crippen molar-refractivity contribution in [1.29, 1.82) is 0 Å². The first-order valence-corrected chi connectivity index (χ1v) is 10.4. The molecule has 0 aromatic carbocycles. The molecule has 6 nitrogen and oxygen atoms in total.